The molecule has 19 heavy (non-hydrogen) atoms. The molecule has 3 N–H and O–H groups in total. The Balaban J connectivity index is 2.37. The zero-order chi connectivity index (χ0) is 13.4. The molecular weight excluding hydrogens is 238 g/mol. The van der Waals surface area contributed by atoms with Gasteiger partial charge in [-0.15, -0.1) is 4.68 Å². The minimum Gasteiger partial charge on any atom is -0.397 e. The Hall–Kier alpha value is -2.87. The number of aryl methyl sites for hydroxylation is 1. The van der Waals surface area contributed by atoms with E-state index in [9.17, 15) is 0 Å². The first-order chi connectivity index (χ1) is 9.22. The SMILES string of the molecule is Cc1[nH][n+](-c2ccccc2)c2ncc(C#N)c(N)c12. The van der Waals surface area contributed by atoms with Gasteiger partial charge in [-0.1, -0.05) is 18.2 Å². The molecule has 5 heteroatoms. The molecule has 0 atom stereocenters. The summed E-state index contributed by atoms with van der Waals surface area (Å²) < 4.78 is 1.86. The molecule has 0 radical (unpaired) electrons. The summed E-state index contributed by atoms with van der Waals surface area (Å²) in [4.78, 5) is 4.34. The number of benzene rings is 1. The fourth-order valence-corrected chi connectivity index (χ4v) is 2.18. The van der Waals surface area contributed by atoms with E-state index in [0.29, 0.717) is 11.3 Å². The predicted molar refractivity (Wildman–Crippen MR) is 71.5 cm³/mol. The number of nitrogens with zero attached hydrogens (tertiary/aromatic N) is 3. The largest absolute Gasteiger partial charge is 0.397 e. The van der Waals surface area contributed by atoms with Crippen molar-refractivity contribution in [1.29, 1.82) is 5.26 Å². The van der Waals surface area contributed by atoms with Gasteiger partial charge < -0.3 is 5.73 Å². The highest BCUT2D eigenvalue weighted by molar-refractivity contribution is 5.91. The Labute approximate surface area is 109 Å². The van der Waals surface area contributed by atoms with Crippen LogP contribution in [-0.2, 0) is 0 Å². The van der Waals surface area contributed by atoms with Crippen LogP contribution in [0.25, 0.3) is 16.7 Å². The summed E-state index contributed by atoms with van der Waals surface area (Å²) in [5.41, 5.74) is 9.47. The first-order valence-electron chi connectivity index (χ1n) is 5.86. The molecule has 0 unspecified atom stereocenters. The Morgan fingerprint density at radius 2 is 2.05 bits per heavy atom. The molecule has 3 rings (SSSR count). The van der Waals surface area contributed by atoms with Crippen LogP contribution >= 0.6 is 0 Å². The maximum absolute atomic E-state index is 9.01. The summed E-state index contributed by atoms with van der Waals surface area (Å²) in [6.07, 6.45) is 1.50. The number of anilines is 1. The van der Waals surface area contributed by atoms with E-state index in [0.717, 1.165) is 22.4 Å². The van der Waals surface area contributed by atoms with Crippen LogP contribution in [0, 0.1) is 18.3 Å². The number of pyridine rings is 1. The number of aromatic nitrogens is 3. The minimum atomic E-state index is 0.398. The second-order valence-corrected chi connectivity index (χ2v) is 4.30. The summed E-state index contributed by atoms with van der Waals surface area (Å²) in [6, 6.07) is 11.9. The third-order valence-electron chi connectivity index (χ3n) is 3.10. The molecule has 0 saturated heterocycles. The van der Waals surface area contributed by atoms with E-state index in [-0.39, 0.29) is 0 Å². The van der Waals surface area contributed by atoms with Crippen molar-refractivity contribution in [3.05, 3.63) is 47.8 Å². The van der Waals surface area contributed by atoms with Crippen molar-refractivity contribution in [2.45, 2.75) is 6.92 Å². The standard InChI is InChI=1S/C14H11N5/c1-9-12-13(16)10(7-15)8-17-14(12)19(18-9)11-5-3-2-4-6-11/h2-6,8H,1H3,(H2,16,17,18)/p+1. The second-order valence-electron chi connectivity index (χ2n) is 4.30. The van der Waals surface area contributed by atoms with Gasteiger partial charge in [0.1, 0.15) is 17.0 Å². The third kappa shape index (κ3) is 1.62. The molecular formula is C14H12N5+. The van der Waals surface area contributed by atoms with Gasteiger partial charge in [0.05, 0.1) is 11.4 Å². The number of hydrogen-bond donors (Lipinski definition) is 2. The predicted octanol–water partition coefficient (Wildman–Crippen LogP) is 1.60. The number of nitrogens with one attached hydrogen (secondary N) is 1. The van der Waals surface area contributed by atoms with Gasteiger partial charge in [0.15, 0.2) is 11.9 Å². The van der Waals surface area contributed by atoms with Crippen LogP contribution in [0.15, 0.2) is 36.5 Å². The number of rotatable bonds is 1. The minimum absolute atomic E-state index is 0.398. The zero-order valence-electron chi connectivity index (χ0n) is 10.4. The monoisotopic (exact) mass is 250 g/mol. The van der Waals surface area contributed by atoms with Gasteiger partial charge in [0.25, 0.3) is 0 Å². The molecule has 1 aromatic carbocycles. The van der Waals surface area contributed by atoms with E-state index in [1.165, 1.54) is 6.20 Å². The average molecular weight is 250 g/mol. The highest BCUT2D eigenvalue weighted by Crippen LogP contribution is 2.23. The molecule has 5 nitrogen and oxygen atoms in total. The van der Waals surface area contributed by atoms with E-state index >= 15 is 0 Å². The lowest BCUT2D eigenvalue weighted by Crippen LogP contribution is -2.33. The first-order valence-corrected chi connectivity index (χ1v) is 5.86. The van der Waals surface area contributed by atoms with Gasteiger partial charge in [-0.25, -0.2) is 5.10 Å². The first kappa shape index (κ1) is 11.2. The molecule has 92 valence electrons. The van der Waals surface area contributed by atoms with E-state index in [4.69, 9.17) is 11.0 Å². The summed E-state index contributed by atoms with van der Waals surface area (Å²) in [5.74, 6) is 0. The van der Waals surface area contributed by atoms with Crippen LogP contribution in [0.4, 0.5) is 5.69 Å². The quantitative estimate of drug-likeness (QED) is 0.643. The second kappa shape index (κ2) is 4.10. The lowest BCUT2D eigenvalue weighted by molar-refractivity contribution is -0.632. The molecule has 0 saturated carbocycles. The van der Waals surface area contributed by atoms with Crippen molar-refractivity contribution >= 4 is 16.7 Å². The van der Waals surface area contributed by atoms with Crippen molar-refractivity contribution in [3.8, 4) is 11.8 Å². The van der Waals surface area contributed by atoms with E-state index in [1.54, 1.807) is 0 Å². The molecule has 3 aromatic rings. The number of nitrogens with two attached hydrogens (primary N) is 1. The molecule has 0 aliphatic heterocycles. The molecule has 0 aliphatic rings. The Morgan fingerprint density at radius 3 is 2.74 bits per heavy atom. The molecule has 0 fully saturated rings. The van der Waals surface area contributed by atoms with Crippen LogP contribution in [0.3, 0.4) is 0 Å². The third-order valence-corrected chi connectivity index (χ3v) is 3.10. The topological polar surface area (TPSA) is 82.4 Å². The summed E-state index contributed by atoms with van der Waals surface area (Å²) in [6.45, 7) is 1.92. The van der Waals surface area contributed by atoms with E-state index in [1.807, 2.05) is 41.9 Å². The number of nitriles is 1. The molecule has 0 spiro atoms. The van der Waals surface area contributed by atoms with Crippen LogP contribution in [0.2, 0.25) is 0 Å². The van der Waals surface area contributed by atoms with Crippen molar-refractivity contribution in [1.82, 2.24) is 10.1 Å². The van der Waals surface area contributed by atoms with Crippen LogP contribution in [0.5, 0.6) is 0 Å². The summed E-state index contributed by atoms with van der Waals surface area (Å²) >= 11 is 0. The Morgan fingerprint density at radius 1 is 1.32 bits per heavy atom. The lowest BCUT2D eigenvalue weighted by atomic mass is 10.1. The van der Waals surface area contributed by atoms with Crippen molar-refractivity contribution in [3.63, 3.8) is 0 Å². The molecule has 0 aliphatic carbocycles. The van der Waals surface area contributed by atoms with Crippen LogP contribution in [-0.4, -0.2) is 10.1 Å². The number of para-hydroxylation sites is 1. The van der Waals surface area contributed by atoms with Crippen LogP contribution in [0.1, 0.15) is 11.3 Å². The normalized spacial score (nSPS) is 10.5. The van der Waals surface area contributed by atoms with Gasteiger partial charge >= 0.3 is 5.65 Å². The van der Waals surface area contributed by atoms with Gasteiger partial charge in [-0.05, 0) is 24.0 Å². The number of fused-ring (bicyclic) bond motifs is 1. The average Bonchev–Trinajstić information content (AvgIpc) is 2.78. The number of hydrogen-bond acceptors (Lipinski definition) is 3. The van der Waals surface area contributed by atoms with Gasteiger partial charge in [0.2, 0.25) is 0 Å². The molecule has 0 amide bonds. The van der Waals surface area contributed by atoms with Crippen molar-refractivity contribution < 1.29 is 4.68 Å². The lowest BCUT2D eigenvalue weighted by Gasteiger charge is -1.95. The maximum atomic E-state index is 9.01. The fraction of sp³-hybridized carbons (Fsp3) is 0.0714. The Kier molecular flexibility index (Phi) is 2.43. The summed E-state index contributed by atoms with van der Waals surface area (Å²) in [5, 5.41) is 13.0. The molecule has 0 bridgehead atoms. The fourth-order valence-electron chi connectivity index (χ4n) is 2.18. The zero-order valence-corrected chi connectivity index (χ0v) is 10.4. The smallest absolute Gasteiger partial charge is 0.358 e. The maximum Gasteiger partial charge on any atom is 0.358 e. The summed E-state index contributed by atoms with van der Waals surface area (Å²) in [7, 11) is 0. The van der Waals surface area contributed by atoms with Gasteiger partial charge in [0, 0.05) is 0 Å². The van der Waals surface area contributed by atoms with Crippen molar-refractivity contribution in [2.75, 3.05) is 5.73 Å². The highest BCUT2D eigenvalue weighted by atomic mass is 15.3. The molecule has 2 aromatic heterocycles. The number of aromatic amines is 1. The van der Waals surface area contributed by atoms with Gasteiger partial charge in [-0.3, -0.25) is 0 Å². The Bertz CT molecular complexity index is 796. The van der Waals surface area contributed by atoms with Crippen molar-refractivity contribution in [2.24, 2.45) is 0 Å². The van der Waals surface area contributed by atoms with E-state index in [2.05, 4.69) is 16.2 Å². The van der Waals surface area contributed by atoms with Crippen LogP contribution < -0.4 is 10.4 Å². The number of H-pyrrole nitrogens is 1. The van der Waals surface area contributed by atoms with Gasteiger partial charge in [-0.2, -0.15) is 5.26 Å². The molecule has 2 heterocycles. The number of nitrogen functional groups attached to an aromatic ring is 1. The van der Waals surface area contributed by atoms with E-state index < -0.39 is 0 Å². The highest BCUT2D eigenvalue weighted by Gasteiger charge is 2.22.